The molecule has 0 radical (unpaired) electrons. The first-order valence-electron chi connectivity index (χ1n) is 14.3. The lowest BCUT2D eigenvalue weighted by atomic mass is 9.85. The van der Waals surface area contributed by atoms with Gasteiger partial charge < -0.3 is 0 Å². The van der Waals surface area contributed by atoms with Crippen LogP contribution in [0.1, 0.15) is 12.0 Å². The SMILES string of the molecule is C1=CCC=CC(c2c3ccccc3c(-c3ccc4cccc(-c5ccc6ccccc6c5)c4c3)c3ccccc23)=C1. The maximum Gasteiger partial charge on any atom is -0.00261 e. The Bertz CT molecular complexity index is 2160. The molecule has 0 saturated heterocycles. The molecule has 0 unspecified atom stereocenters. The third kappa shape index (κ3) is 4.00. The quantitative estimate of drug-likeness (QED) is 0.203. The van der Waals surface area contributed by atoms with Crippen LogP contribution in [-0.4, -0.2) is 0 Å². The lowest BCUT2D eigenvalue weighted by Gasteiger charge is -2.18. The topological polar surface area (TPSA) is 0 Å². The third-order valence-electron chi connectivity index (χ3n) is 8.43. The van der Waals surface area contributed by atoms with Gasteiger partial charge in [-0.25, -0.2) is 0 Å². The van der Waals surface area contributed by atoms with E-state index in [0.29, 0.717) is 0 Å². The summed E-state index contributed by atoms with van der Waals surface area (Å²) in [6, 6.07) is 46.9. The van der Waals surface area contributed by atoms with Crippen LogP contribution in [-0.2, 0) is 0 Å². The van der Waals surface area contributed by atoms with Crippen LogP contribution in [0.15, 0.2) is 158 Å². The monoisotopic (exact) mass is 520 g/mol. The minimum absolute atomic E-state index is 0.963. The van der Waals surface area contributed by atoms with Gasteiger partial charge in [-0.15, -0.1) is 0 Å². The van der Waals surface area contributed by atoms with Gasteiger partial charge in [-0.2, -0.15) is 0 Å². The highest BCUT2D eigenvalue weighted by Gasteiger charge is 2.17. The number of hydrogen-bond acceptors (Lipinski definition) is 0. The van der Waals surface area contributed by atoms with Gasteiger partial charge >= 0.3 is 0 Å². The maximum absolute atomic E-state index is 2.40. The molecule has 0 N–H and O–H groups in total. The van der Waals surface area contributed by atoms with Gasteiger partial charge in [0.2, 0.25) is 0 Å². The molecule has 0 amide bonds. The molecular weight excluding hydrogens is 492 g/mol. The van der Waals surface area contributed by atoms with Crippen LogP contribution in [0.2, 0.25) is 0 Å². The molecule has 0 fully saturated rings. The summed E-state index contributed by atoms with van der Waals surface area (Å²) in [6.07, 6.45) is 12.1. The normalized spacial score (nSPS) is 13.2. The molecule has 0 saturated carbocycles. The summed E-state index contributed by atoms with van der Waals surface area (Å²) in [6.45, 7) is 0. The summed E-state index contributed by atoms with van der Waals surface area (Å²) in [7, 11) is 0. The Hall–Kier alpha value is -5.20. The van der Waals surface area contributed by atoms with E-state index in [9.17, 15) is 0 Å². The zero-order valence-corrected chi connectivity index (χ0v) is 22.7. The van der Waals surface area contributed by atoms with E-state index in [1.54, 1.807) is 0 Å². The maximum atomic E-state index is 2.40. The molecule has 0 aromatic heterocycles. The van der Waals surface area contributed by atoms with Crippen molar-refractivity contribution < 1.29 is 0 Å². The van der Waals surface area contributed by atoms with Crippen LogP contribution < -0.4 is 0 Å². The molecular formula is C41H28. The summed E-state index contributed by atoms with van der Waals surface area (Å²) < 4.78 is 0. The molecule has 0 nitrogen and oxygen atoms in total. The van der Waals surface area contributed by atoms with Crippen molar-refractivity contribution in [3.8, 4) is 22.3 Å². The molecule has 0 heteroatoms. The van der Waals surface area contributed by atoms with Gasteiger partial charge in [-0.3, -0.25) is 0 Å². The zero-order chi connectivity index (χ0) is 27.2. The summed E-state index contributed by atoms with van der Waals surface area (Å²) in [5.41, 5.74) is 7.62. The average Bonchev–Trinajstić information content (AvgIpc) is 3.32. The molecule has 0 heterocycles. The molecule has 41 heavy (non-hydrogen) atoms. The molecule has 8 rings (SSSR count). The van der Waals surface area contributed by atoms with Crippen LogP contribution in [0.4, 0.5) is 0 Å². The van der Waals surface area contributed by atoms with Gasteiger partial charge in [-0.05, 0) is 95.0 Å². The van der Waals surface area contributed by atoms with Gasteiger partial charge in [0.05, 0.1) is 0 Å². The first kappa shape index (κ1) is 23.7. The first-order chi connectivity index (χ1) is 20.3. The van der Waals surface area contributed by atoms with E-state index in [4.69, 9.17) is 0 Å². The Morgan fingerprint density at radius 1 is 0.415 bits per heavy atom. The minimum Gasteiger partial charge on any atom is -0.0807 e. The van der Waals surface area contributed by atoms with Gasteiger partial charge in [0.25, 0.3) is 0 Å². The smallest absolute Gasteiger partial charge is 0.00261 e. The summed E-state index contributed by atoms with van der Waals surface area (Å²) in [4.78, 5) is 0. The van der Waals surface area contributed by atoms with Gasteiger partial charge in [0.15, 0.2) is 0 Å². The predicted octanol–water partition coefficient (Wildman–Crippen LogP) is 11.5. The van der Waals surface area contributed by atoms with E-state index in [0.717, 1.165) is 6.42 Å². The standard InChI is InChI=1S/C41H28/c1-2-4-14-30(13-3-1)40-35-17-7-9-19-37(35)41(38-20-10-8-18-36(38)40)33-25-23-29-16-11-21-34(39(29)27-33)32-24-22-28-12-5-6-15-31(28)26-32/h1,3-27H,2H2. The molecule has 0 atom stereocenters. The molecule has 0 aliphatic heterocycles. The van der Waals surface area contributed by atoms with E-state index in [2.05, 4.69) is 158 Å². The highest BCUT2D eigenvalue weighted by molar-refractivity contribution is 6.20. The van der Waals surface area contributed by atoms with Gasteiger partial charge in [-0.1, -0.05) is 146 Å². The molecule has 7 aromatic carbocycles. The Morgan fingerprint density at radius 3 is 1.83 bits per heavy atom. The Morgan fingerprint density at radius 2 is 1.05 bits per heavy atom. The largest absolute Gasteiger partial charge is 0.0807 e. The van der Waals surface area contributed by atoms with Crippen LogP contribution in [0.5, 0.6) is 0 Å². The fourth-order valence-corrected chi connectivity index (χ4v) is 6.53. The lowest BCUT2D eigenvalue weighted by Crippen LogP contribution is -1.93. The second kappa shape index (κ2) is 9.77. The fourth-order valence-electron chi connectivity index (χ4n) is 6.53. The zero-order valence-electron chi connectivity index (χ0n) is 22.7. The highest BCUT2D eigenvalue weighted by atomic mass is 14.2. The van der Waals surface area contributed by atoms with Crippen LogP contribution in [0, 0.1) is 0 Å². The minimum atomic E-state index is 0.963. The van der Waals surface area contributed by atoms with Crippen molar-refractivity contribution in [1.29, 1.82) is 0 Å². The van der Waals surface area contributed by atoms with Crippen molar-refractivity contribution in [2.24, 2.45) is 0 Å². The Kier molecular flexibility index (Phi) is 5.64. The van der Waals surface area contributed by atoms with E-state index in [-0.39, 0.29) is 0 Å². The van der Waals surface area contributed by atoms with Crippen molar-refractivity contribution in [3.63, 3.8) is 0 Å². The fraction of sp³-hybridized carbons (Fsp3) is 0.0244. The third-order valence-corrected chi connectivity index (χ3v) is 8.43. The predicted molar refractivity (Wildman–Crippen MR) is 178 cm³/mol. The Balaban J connectivity index is 1.42. The van der Waals surface area contributed by atoms with Crippen molar-refractivity contribution in [2.45, 2.75) is 6.42 Å². The van der Waals surface area contributed by atoms with E-state index >= 15 is 0 Å². The molecule has 1 aliphatic rings. The lowest BCUT2D eigenvalue weighted by molar-refractivity contribution is 1.41. The van der Waals surface area contributed by atoms with Crippen LogP contribution >= 0.6 is 0 Å². The second-order valence-corrected chi connectivity index (χ2v) is 10.8. The van der Waals surface area contributed by atoms with Crippen molar-refractivity contribution in [3.05, 3.63) is 163 Å². The van der Waals surface area contributed by atoms with Crippen molar-refractivity contribution in [1.82, 2.24) is 0 Å². The number of rotatable bonds is 3. The molecule has 0 spiro atoms. The second-order valence-electron chi connectivity index (χ2n) is 10.8. The summed E-state index contributed by atoms with van der Waals surface area (Å²) in [5.74, 6) is 0. The van der Waals surface area contributed by atoms with Crippen LogP contribution in [0.25, 0.3) is 70.9 Å². The summed E-state index contributed by atoms with van der Waals surface area (Å²) in [5, 5.41) is 10.2. The molecule has 7 aromatic rings. The number of benzene rings is 7. The molecule has 0 bridgehead atoms. The highest BCUT2D eigenvalue weighted by Crippen LogP contribution is 2.43. The summed E-state index contributed by atoms with van der Waals surface area (Å²) >= 11 is 0. The van der Waals surface area contributed by atoms with Crippen molar-refractivity contribution in [2.75, 3.05) is 0 Å². The van der Waals surface area contributed by atoms with Gasteiger partial charge in [0.1, 0.15) is 0 Å². The Labute approximate surface area is 240 Å². The van der Waals surface area contributed by atoms with Gasteiger partial charge in [0, 0.05) is 0 Å². The number of hydrogen-bond donors (Lipinski definition) is 0. The molecule has 1 aliphatic carbocycles. The number of fused-ring (bicyclic) bond motifs is 4. The number of allylic oxidation sites excluding steroid dienone is 6. The first-order valence-corrected chi connectivity index (χ1v) is 14.3. The van der Waals surface area contributed by atoms with Crippen molar-refractivity contribution >= 4 is 48.7 Å². The van der Waals surface area contributed by atoms with E-state index in [1.807, 2.05) is 0 Å². The molecule has 192 valence electrons. The van der Waals surface area contributed by atoms with E-state index in [1.165, 1.54) is 76.5 Å². The average molecular weight is 521 g/mol. The van der Waals surface area contributed by atoms with Crippen LogP contribution in [0.3, 0.4) is 0 Å². The van der Waals surface area contributed by atoms with E-state index < -0.39 is 0 Å².